The molecule has 2 aromatic rings. The highest BCUT2D eigenvalue weighted by Gasteiger charge is 2.39. The van der Waals surface area contributed by atoms with Gasteiger partial charge in [-0.15, -0.1) is 0 Å². The van der Waals surface area contributed by atoms with Crippen molar-refractivity contribution < 1.29 is 4.79 Å². The normalized spacial score (nSPS) is 17.1. The molecule has 4 N–H and O–H groups in total. The maximum atomic E-state index is 12.9. The summed E-state index contributed by atoms with van der Waals surface area (Å²) >= 11 is 0. The van der Waals surface area contributed by atoms with Crippen LogP contribution in [0.25, 0.3) is 0 Å². The number of likely N-dealkylation sites (tertiary alicyclic amines) is 1. The van der Waals surface area contributed by atoms with E-state index in [1.165, 1.54) is 0 Å². The maximum Gasteiger partial charge on any atom is 0.240 e. The van der Waals surface area contributed by atoms with Crippen molar-refractivity contribution in [1.82, 2.24) is 15.2 Å². The average Bonchev–Trinajstić information content (AvgIpc) is 3.24. The summed E-state index contributed by atoms with van der Waals surface area (Å²) in [5, 5.41) is 11.9. The molecule has 2 heterocycles. The van der Waals surface area contributed by atoms with Crippen molar-refractivity contribution in [2.24, 2.45) is 15.7 Å². The second-order valence-corrected chi connectivity index (χ2v) is 7.52. The molecule has 1 aromatic carbocycles. The number of piperidine rings is 1. The predicted octanol–water partition coefficient (Wildman–Crippen LogP) is 2.27. The topological polar surface area (TPSA) is 123 Å². The van der Waals surface area contributed by atoms with E-state index < -0.39 is 5.54 Å². The minimum atomic E-state index is -0.937. The number of carbonyl (C=O) groups is 1. The van der Waals surface area contributed by atoms with E-state index >= 15 is 0 Å². The molecule has 1 saturated heterocycles. The smallest absolute Gasteiger partial charge is 0.240 e. The SMILES string of the molecule is C=Nc1[nH]ccc1/C(=N\C)N1CCC(N)(C(=O)N[C@@H](C)c2ccc(C#N)cc2)CC1. The first-order valence-electron chi connectivity index (χ1n) is 9.88. The van der Waals surface area contributed by atoms with E-state index in [9.17, 15) is 4.79 Å². The minimum absolute atomic E-state index is 0.163. The molecule has 3 rings (SSSR count). The van der Waals surface area contributed by atoms with E-state index in [1.807, 2.05) is 25.1 Å². The van der Waals surface area contributed by atoms with Crippen molar-refractivity contribution in [3.8, 4) is 6.07 Å². The molecule has 0 spiro atoms. The summed E-state index contributed by atoms with van der Waals surface area (Å²) in [4.78, 5) is 26.5. The Bertz CT molecular complexity index is 976. The number of hydrogen-bond donors (Lipinski definition) is 3. The fourth-order valence-electron chi connectivity index (χ4n) is 3.72. The lowest BCUT2D eigenvalue weighted by atomic mass is 9.87. The molecule has 0 aliphatic carbocycles. The molecule has 0 radical (unpaired) electrons. The van der Waals surface area contributed by atoms with E-state index in [2.05, 4.69) is 38.0 Å². The Labute approximate surface area is 176 Å². The highest BCUT2D eigenvalue weighted by molar-refractivity contribution is 6.02. The Kier molecular flexibility index (Phi) is 6.33. The van der Waals surface area contributed by atoms with Gasteiger partial charge in [-0.2, -0.15) is 5.26 Å². The number of benzene rings is 1. The number of nitrogens with two attached hydrogens (primary N) is 1. The van der Waals surface area contributed by atoms with Gasteiger partial charge in [0.1, 0.15) is 11.7 Å². The number of amides is 1. The monoisotopic (exact) mass is 405 g/mol. The largest absolute Gasteiger partial charge is 0.356 e. The summed E-state index contributed by atoms with van der Waals surface area (Å²) in [6.07, 6.45) is 2.83. The Hall–Kier alpha value is -3.44. The highest BCUT2D eigenvalue weighted by atomic mass is 16.2. The van der Waals surface area contributed by atoms with Gasteiger partial charge in [0.2, 0.25) is 5.91 Å². The van der Waals surface area contributed by atoms with Crippen LogP contribution >= 0.6 is 0 Å². The van der Waals surface area contributed by atoms with Gasteiger partial charge < -0.3 is 20.9 Å². The molecule has 1 aliphatic rings. The lowest BCUT2D eigenvalue weighted by Crippen LogP contribution is -2.60. The second kappa shape index (κ2) is 8.93. The van der Waals surface area contributed by atoms with Gasteiger partial charge in [0, 0.05) is 26.3 Å². The van der Waals surface area contributed by atoms with E-state index in [-0.39, 0.29) is 11.9 Å². The fraction of sp³-hybridized carbons (Fsp3) is 0.364. The summed E-state index contributed by atoms with van der Waals surface area (Å²) in [6, 6.07) is 11.0. The van der Waals surface area contributed by atoms with E-state index in [4.69, 9.17) is 11.0 Å². The van der Waals surface area contributed by atoms with E-state index in [0.717, 1.165) is 17.0 Å². The third-order valence-corrected chi connectivity index (χ3v) is 5.63. The zero-order chi connectivity index (χ0) is 21.7. The van der Waals surface area contributed by atoms with Crippen LogP contribution in [0, 0.1) is 11.3 Å². The standard InChI is InChI=1S/C22H27N7O/c1-15(17-6-4-16(14-23)5-7-17)28-21(30)22(24)9-12-29(13-10-22)20(26-3)18-8-11-27-19(18)25-2/h4-8,11,15,27H,2,9-10,12-13,24H2,1,3H3,(H,28,30)/b26-20+/t15-/m0/s1. The van der Waals surface area contributed by atoms with Crippen LogP contribution in [0.5, 0.6) is 0 Å². The molecule has 8 nitrogen and oxygen atoms in total. The first kappa shape index (κ1) is 21.3. The zero-order valence-corrected chi connectivity index (χ0v) is 17.4. The number of aromatic nitrogens is 1. The van der Waals surface area contributed by atoms with Gasteiger partial charge in [-0.1, -0.05) is 12.1 Å². The zero-order valence-electron chi connectivity index (χ0n) is 17.4. The van der Waals surface area contributed by atoms with Crippen LogP contribution in [0.1, 0.15) is 42.5 Å². The number of H-pyrrole nitrogens is 1. The fourth-order valence-corrected chi connectivity index (χ4v) is 3.72. The van der Waals surface area contributed by atoms with Crippen LogP contribution < -0.4 is 11.1 Å². The number of nitriles is 1. The minimum Gasteiger partial charge on any atom is -0.356 e. The lowest BCUT2D eigenvalue weighted by molar-refractivity contribution is -0.128. The molecule has 1 amide bonds. The van der Waals surface area contributed by atoms with Crippen molar-refractivity contribution in [2.45, 2.75) is 31.3 Å². The van der Waals surface area contributed by atoms with E-state index in [1.54, 1.807) is 25.4 Å². The number of aliphatic imine (C=N–C) groups is 2. The van der Waals surface area contributed by atoms with Crippen LogP contribution in [0.3, 0.4) is 0 Å². The predicted molar refractivity (Wildman–Crippen MR) is 118 cm³/mol. The van der Waals surface area contributed by atoms with Crippen molar-refractivity contribution in [2.75, 3.05) is 20.1 Å². The van der Waals surface area contributed by atoms with Crippen molar-refractivity contribution in [1.29, 1.82) is 5.26 Å². The number of nitrogens with zero attached hydrogens (tertiary/aromatic N) is 4. The lowest BCUT2D eigenvalue weighted by Gasteiger charge is -2.39. The Morgan fingerprint density at radius 1 is 1.33 bits per heavy atom. The van der Waals surface area contributed by atoms with Crippen LogP contribution in [-0.4, -0.2) is 54.0 Å². The van der Waals surface area contributed by atoms with Crippen LogP contribution in [0.4, 0.5) is 5.82 Å². The van der Waals surface area contributed by atoms with Crippen LogP contribution in [-0.2, 0) is 4.79 Å². The molecule has 1 fully saturated rings. The van der Waals surface area contributed by atoms with Gasteiger partial charge in [-0.3, -0.25) is 9.79 Å². The molecule has 1 atom stereocenters. The number of amidine groups is 1. The number of rotatable bonds is 5. The van der Waals surface area contributed by atoms with Gasteiger partial charge in [-0.25, -0.2) is 4.99 Å². The Balaban J connectivity index is 1.64. The molecular formula is C22H27N7O. The Morgan fingerprint density at radius 3 is 2.57 bits per heavy atom. The van der Waals surface area contributed by atoms with Gasteiger partial charge in [0.05, 0.1) is 28.8 Å². The van der Waals surface area contributed by atoms with Gasteiger partial charge in [0.25, 0.3) is 0 Å². The summed E-state index contributed by atoms with van der Waals surface area (Å²) < 4.78 is 0. The first-order chi connectivity index (χ1) is 14.4. The number of hydrogen-bond acceptors (Lipinski definition) is 5. The van der Waals surface area contributed by atoms with Gasteiger partial charge in [0.15, 0.2) is 0 Å². The Morgan fingerprint density at radius 2 is 2.00 bits per heavy atom. The van der Waals surface area contributed by atoms with E-state index in [0.29, 0.717) is 37.3 Å². The molecule has 30 heavy (non-hydrogen) atoms. The van der Waals surface area contributed by atoms with Crippen molar-refractivity contribution in [3.63, 3.8) is 0 Å². The summed E-state index contributed by atoms with van der Waals surface area (Å²) in [5.41, 5.74) is 7.97. The number of nitrogens with one attached hydrogen (secondary N) is 2. The number of aromatic amines is 1. The van der Waals surface area contributed by atoms with Gasteiger partial charge >= 0.3 is 0 Å². The third-order valence-electron chi connectivity index (χ3n) is 5.63. The van der Waals surface area contributed by atoms with Crippen LogP contribution in [0.2, 0.25) is 0 Å². The quantitative estimate of drug-likeness (QED) is 0.521. The van der Waals surface area contributed by atoms with Crippen molar-refractivity contribution >= 4 is 24.3 Å². The molecule has 0 unspecified atom stereocenters. The molecule has 1 aliphatic heterocycles. The third kappa shape index (κ3) is 4.26. The molecule has 0 bridgehead atoms. The number of carbonyl (C=O) groups excluding carboxylic acids is 1. The summed E-state index contributed by atoms with van der Waals surface area (Å²) in [7, 11) is 1.74. The summed E-state index contributed by atoms with van der Waals surface area (Å²) in [5.74, 6) is 1.32. The average molecular weight is 406 g/mol. The maximum absolute atomic E-state index is 12.9. The van der Waals surface area contributed by atoms with Crippen molar-refractivity contribution in [3.05, 3.63) is 53.2 Å². The molecular weight excluding hydrogens is 378 g/mol. The molecule has 8 heteroatoms. The van der Waals surface area contributed by atoms with Crippen LogP contribution in [0.15, 0.2) is 46.5 Å². The summed E-state index contributed by atoms with van der Waals surface area (Å²) in [6.45, 7) is 6.73. The molecule has 1 aromatic heterocycles. The van der Waals surface area contributed by atoms with Gasteiger partial charge in [-0.05, 0) is 50.2 Å². The molecule has 0 saturated carbocycles. The highest BCUT2D eigenvalue weighted by Crippen LogP contribution is 2.26. The molecule has 156 valence electrons. The second-order valence-electron chi connectivity index (χ2n) is 7.52. The first-order valence-corrected chi connectivity index (χ1v) is 9.88.